The highest BCUT2D eigenvalue weighted by molar-refractivity contribution is 4.84. The summed E-state index contributed by atoms with van der Waals surface area (Å²) in [6, 6.07) is 1.31. The van der Waals surface area contributed by atoms with E-state index in [1.807, 2.05) is 0 Å². The highest BCUT2D eigenvalue weighted by atomic mass is 16.5. The third-order valence-corrected chi connectivity index (χ3v) is 3.66. The fraction of sp³-hybridized carbons (Fsp3) is 1.00. The van der Waals surface area contributed by atoms with Crippen LogP contribution >= 0.6 is 0 Å². The molecule has 0 bridgehead atoms. The zero-order valence-corrected chi connectivity index (χ0v) is 9.33. The number of nitrogens with zero attached hydrogens (tertiary/aromatic N) is 1. The maximum absolute atomic E-state index is 5.45. The van der Waals surface area contributed by atoms with Crippen molar-refractivity contribution >= 4 is 0 Å². The Morgan fingerprint density at radius 2 is 2.29 bits per heavy atom. The van der Waals surface area contributed by atoms with Crippen LogP contribution in [0.4, 0.5) is 0 Å². The van der Waals surface area contributed by atoms with Gasteiger partial charge in [-0.2, -0.15) is 0 Å². The molecule has 3 nitrogen and oxygen atoms in total. The molecule has 0 aliphatic carbocycles. The number of nitrogens with one attached hydrogen (secondary N) is 1. The van der Waals surface area contributed by atoms with Crippen LogP contribution in [-0.2, 0) is 4.74 Å². The molecule has 2 fully saturated rings. The summed E-state index contributed by atoms with van der Waals surface area (Å²) in [6.07, 6.45) is 1.34. The molecular weight excluding hydrogens is 176 g/mol. The average molecular weight is 198 g/mol. The predicted octanol–water partition coefficient (Wildman–Crippen LogP) is 0.705. The number of ether oxygens (including phenoxy) is 1. The molecule has 0 saturated carbocycles. The van der Waals surface area contributed by atoms with Crippen molar-refractivity contribution in [2.24, 2.45) is 5.92 Å². The Labute approximate surface area is 86.8 Å². The van der Waals surface area contributed by atoms with Crippen LogP contribution in [0.3, 0.4) is 0 Å². The standard InChI is InChI=1S/C11H22N2O/c1-9-8-14-6-5-13(9)7-11-3-4-12-10(11)2/h9-12H,3-8H2,1-2H3. The monoisotopic (exact) mass is 198 g/mol. The van der Waals surface area contributed by atoms with Crippen molar-refractivity contribution in [1.29, 1.82) is 0 Å². The Morgan fingerprint density at radius 1 is 1.43 bits per heavy atom. The lowest BCUT2D eigenvalue weighted by molar-refractivity contribution is -0.00765. The van der Waals surface area contributed by atoms with Gasteiger partial charge in [0.25, 0.3) is 0 Å². The first kappa shape index (κ1) is 10.4. The van der Waals surface area contributed by atoms with Crippen LogP contribution in [0.1, 0.15) is 20.3 Å². The van der Waals surface area contributed by atoms with E-state index in [1.54, 1.807) is 0 Å². The van der Waals surface area contributed by atoms with E-state index in [1.165, 1.54) is 19.5 Å². The number of hydrogen-bond donors (Lipinski definition) is 1. The lowest BCUT2D eigenvalue weighted by atomic mass is 10.0. The van der Waals surface area contributed by atoms with Crippen LogP contribution in [0.2, 0.25) is 0 Å². The van der Waals surface area contributed by atoms with E-state index in [4.69, 9.17) is 4.74 Å². The van der Waals surface area contributed by atoms with Crippen LogP contribution in [0.25, 0.3) is 0 Å². The van der Waals surface area contributed by atoms with Crippen LogP contribution < -0.4 is 5.32 Å². The van der Waals surface area contributed by atoms with Crippen molar-refractivity contribution < 1.29 is 4.74 Å². The molecule has 0 amide bonds. The predicted molar refractivity (Wildman–Crippen MR) is 57.4 cm³/mol. The molecule has 2 saturated heterocycles. The highest BCUT2D eigenvalue weighted by Gasteiger charge is 2.27. The lowest BCUT2D eigenvalue weighted by Gasteiger charge is -2.35. The Hall–Kier alpha value is -0.120. The van der Waals surface area contributed by atoms with Crippen LogP contribution in [0.15, 0.2) is 0 Å². The summed E-state index contributed by atoms with van der Waals surface area (Å²) in [6.45, 7) is 9.97. The average Bonchev–Trinajstić information content (AvgIpc) is 2.56. The zero-order valence-electron chi connectivity index (χ0n) is 9.33. The van der Waals surface area contributed by atoms with E-state index in [-0.39, 0.29) is 0 Å². The number of morpholine rings is 1. The first-order valence-electron chi connectivity index (χ1n) is 5.82. The molecule has 3 heteroatoms. The molecule has 0 aromatic carbocycles. The summed E-state index contributed by atoms with van der Waals surface area (Å²) in [7, 11) is 0. The van der Waals surface area contributed by atoms with Crippen LogP contribution in [0, 0.1) is 5.92 Å². The van der Waals surface area contributed by atoms with Gasteiger partial charge in [-0.05, 0) is 32.7 Å². The van der Waals surface area contributed by atoms with Gasteiger partial charge in [0.05, 0.1) is 13.2 Å². The number of rotatable bonds is 2. The molecular formula is C11H22N2O. The molecule has 0 spiro atoms. The minimum Gasteiger partial charge on any atom is -0.379 e. The summed E-state index contributed by atoms with van der Waals surface area (Å²) in [5.74, 6) is 0.843. The molecule has 2 aliphatic heterocycles. The van der Waals surface area contributed by atoms with E-state index in [0.29, 0.717) is 12.1 Å². The maximum atomic E-state index is 5.45. The van der Waals surface area contributed by atoms with Gasteiger partial charge in [-0.1, -0.05) is 0 Å². The largest absolute Gasteiger partial charge is 0.379 e. The third-order valence-electron chi connectivity index (χ3n) is 3.66. The smallest absolute Gasteiger partial charge is 0.0619 e. The summed E-state index contributed by atoms with van der Waals surface area (Å²) < 4.78 is 5.45. The highest BCUT2D eigenvalue weighted by Crippen LogP contribution is 2.18. The van der Waals surface area contributed by atoms with E-state index in [9.17, 15) is 0 Å². The van der Waals surface area contributed by atoms with E-state index < -0.39 is 0 Å². The molecule has 0 aromatic rings. The van der Waals surface area contributed by atoms with Crippen molar-refractivity contribution in [1.82, 2.24) is 10.2 Å². The molecule has 14 heavy (non-hydrogen) atoms. The number of hydrogen-bond acceptors (Lipinski definition) is 3. The lowest BCUT2D eigenvalue weighted by Crippen LogP contribution is -2.47. The van der Waals surface area contributed by atoms with Gasteiger partial charge in [-0.25, -0.2) is 0 Å². The molecule has 1 N–H and O–H groups in total. The first-order valence-corrected chi connectivity index (χ1v) is 5.82. The molecule has 3 unspecified atom stereocenters. The van der Waals surface area contributed by atoms with Crippen LogP contribution in [-0.4, -0.2) is 49.8 Å². The second-order valence-electron chi connectivity index (χ2n) is 4.71. The van der Waals surface area contributed by atoms with Crippen LogP contribution in [0.5, 0.6) is 0 Å². The van der Waals surface area contributed by atoms with Crippen molar-refractivity contribution in [3.63, 3.8) is 0 Å². The minimum absolute atomic E-state index is 0.608. The van der Waals surface area contributed by atoms with Gasteiger partial charge in [0.1, 0.15) is 0 Å². The Morgan fingerprint density at radius 3 is 2.93 bits per heavy atom. The minimum atomic E-state index is 0.608. The van der Waals surface area contributed by atoms with Gasteiger partial charge in [0, 0.05) is 25.2 Å². The molecule has 2 rings (SSSR count). The quantitative estimate of drug-likeness (QED) is 0.707. The SMILES string of the molecule is CC1NCCC1CN1CCOCC1C. The second-order valence-corrected chi connectivity index (χ2v) is 4.71. The summed E-state index contributed by atoms with van der Waals surface area (Å²) in [5, 5.41) is 3.52. The normalized spacial score (nSPS) is 40.3. The first-order chi connectivity index (χ1) is 6.77. The fourth-order valence-corrected chi connectivity index (χ4v) is 2.50. The Bertz CT molecular complexity index is 186. The molecule has 2 aliphatic rings. The fourth-order valence-electron chi connectivity index (χ4n) is 2.50. The summed E-state index contributed by atoms with van der Waals surface area (Å²) >= 11 is 0. The van der Waals surface area contributed by atoms with Crippen molar-refractivity contribution in [2.45, 2.75) is 32.4 Å². The van der Waals surface area contributed by atoms with Gasteiger partial charge in [-0.3, -0.25) is 4.90 Å². The van der Waals surface area contributed by atoms with Gasteiger partial charge in [-0.15, -0.1) is 0 Å². The Kier molecular flexibility index (Phi) is 3.42. The van der Waals surface area contributed by atoms with Gasteiger partial charge in [0.2, 0.25) is 0 Å². The molecule has 2 heterocycles. The van der Waals surface area contributed by atoms with Crippen molar-refractivity contribution in [2.75, 3.05) is 32.8 Å². The van der Waals surface area contributed by atoms with E-state index in [0.717, 1.165) is 25.7 Å². The topological polar surface area (TPSA) is 24.5 Å². The van der Waals surface area contributed by atoms with E-state index >= 15 is 0 Å². The van der Waals surface area contributed by atoms with Gasteiger partial charge < -0.3 is 10.1 Å². The maximum Gasteiger partial charge on any atom is 0.0619 e. The molecule has 0 radical (unpaired) electrons. The third kappa shape index (κ3) is 2.27. The van der Waals surface area contributed by atoms with Crippen molar-refractivity contribution in [3.05, 3.63) is 0 Å². The van der Waals surface area contributed by atoms with Gasteiger partial charge in [0.15, 0.2) is 0 Å². The zero-order chi connectivity index (χ0) is 9.97. The molecule has 3 atom stereocenters. The van der Waals surface area contributed by atoms with Crippen molar-refractivity contribution in [3.8, 4) is 0 Å². The van der Waals surface area contributed by atoms with E-state index in [2.05, 4.69) is 24.1 Å². The Balaban J connectivity index is 1.83. The summed E-state index contributed by atoms with van der Waals surface area (Å²) in [4.78, 5) is 2.58. The molecule has 0 aromatic heterocycles. The molecule has 82 valence electrons. The second kappa shape index (κ2) is 4.60. The van der Waals surface area contributed by atoms with Gasteiger partial charge >= 0.3 is 0 Å². The summed E-state index contributed by atoms with van der Waals surface area (Å²) in [5.41, 5.74) is 0.